The Morgan fingerprint density at radius 2 is 0.674 bits per heavy atom. The first kappa shape index (κ1) is 44.9. The molecule has 0 aliphatic heterocycles. The van der Waals surface area contributed by atoms with Gasteiger partial charge in [-0.15, -0.1) is 0 Å². The second kappa shape index (κ2) is 38.3. The minimum absolute atomic E-state index is 0.00399. The van der Waals surface area contributed by atoms with Gasteiger partial charge in [0.05, 0.1) is 12.7 Å². The molecule has 0 spiro atoms. The number of hydrogen-bond acceptors (Lipinski definition) is 4. The number of carbonyl (C=O) groups excluding carboxylic acids is 1. The standard InChI is InChI=1S/C41H80O5/c1-39(42)35-31-27-23-19-15-11-7-4-5-9-13-17-21-25-29-33-37-41(45)46-38-34-30-26-22-18-14-10-6-2-3-8-12-16-20-24-28-32-36-40(43)44/h39,42H,2-38H2,1H3,(H,43,44). The topological polar surface area (TPSA) is 83.8 Å². The van der Waals surface area contributed by atoms with Crippen molar-refractivity contribution in [3.63, 3.8) is 0 Å². The number of aliphatic carboxylic acids is 1. The average molecular weight is 653 g/mol. The lowest BCUT2D eigenvalue weighted by Gasteiger charge is -2.06. The Morgan fingerprint density at radius 1 is 0.413 bits per heavy atom. The second-order valence-electron chi connectivity index (χ2n) is 14.4. The monoisotopic (exact) mass is 653 g/mol. The highest BCUT2D eigenvalue weighted by Gasteiger charge is 2.03. The summed E-state index contributed by atoms with van der Waals surface area (Å²) in [6.45, 7) is 2.49. The number of aliphatic hydroxyl groups excluding tert-OH is 1. The molecule has 0 aromatic rings. The predicted octanol–water partition coefficient (Wildman–Crippen LogP) is 13.0. The molecule has 0 aliphatic carbocycles. The molecule has 1 atom stereocenters. The Morgan fingerprint density at radius 3 is 0.978 bits per heavy atom. The summed E-state index contributed by atoms with van der Waals surface area (Å²) in [6.07, 6.45) is 44.0. The van der Waals surface area contributed by atoms with Crippen LogP contribution in [0, 0.1) is 0 Å². The molecule has 0 fully saturated rings. The van der Waals surface area contributed by atoms with E-state index in [2.05, 4.69) is 0 Å². The molecule has 0 saturated carbocycles. The maximum atomic E-state index is 12.0. The van der Waals surface area contributed by atoms with Gasteiger partial charge in [-0.3, -0.25) is 9.59 Å². The minimum Gasteiger partial charge on any atom is -0.481 e. The fourth-order valence-corrected chi connectivity index (χ4v) is 6.47. The van der Waals surface area contributed by atoms with Crippen LogP contribution in [0.2, 0.25) is 0 Å². The fraction of sp³-hybridized carbons (Fsp3) is 0.951. The van der Waals surface area contributed by atoms with Gasteiger partial charge < -0.3 is 14.9 Å². The molecule has 0 aliphatic rings. The molecule has 2 N–H and O–H groups in total. The van der Waals surface area contributed by atoms with Crippen LogP contribution in [0.4, 0.5) is 0 Å². The summed E-state index contributed by atoms with van der Waals surface area (Å²) in [6, 6.07) is 0. The van der Waals surface area contributed by atoms with Gasteiger partial charge in [-0.2, -0.15) is 0 Å². The van der Waals surface area contributed by atoms with Crippen molar-refractivity contribution in [2.45, 2.75) is 244 Å². The predicted molar refractivity (Wildman–Crippen MR) is 196 cm³/mol. The molecule has 0 radical (unpaired) electrons. The van der Waals surface area contributed by atoms with Crippen LogP contribution in [0.25, 0.3) is 0 Å². The van der Waals surface area contributed by atoms with Gasteiger partial charge in [0.15, 0.2) is 0 Å². The molecule has 0 heterocycles. The van der Waals surface area contributed by atoms with Crippen molar-refractivity contribution in [2.24, 2.45) is 0 Å². The van der Waals surface area contributed by atoms with Crippen molar-refractivity contribution in [3.05, 3.63) is 0 Å². The van der Waals surface area contributed by atoms with E-state index < -0.39 is 5.97 Å². The normalized spacial score (nSPS) is 12.0. The van der Waals surface area contributed by atoms with E-state index in [-0.39, 0.29) is 12.1 Å². The molecule has 0 saturated heterocycles. The molecule has 0 aromatic heterocycles. The van der Waals surface area contributed by atoms with Gasteiger partial charge >= 0.3 is 11.9 Å². The first-order valence-corrected chi connectivity index (χ1v) is 20.6. The van der Waals surface area contributed by atoms with E-state index in [1.165, 1.54) is 180 Å². The third-order valence-corrected chi connectivity index (χ3v) is 9.55. The van der Waals surface area contributed by atoms with Crippen molar-refractivity contribution < 1.29 is 24.5 Å². The Kier molecular flexibility index (Phi) is 37.4. The largest absolute Gasteiger partial charge is 0.481 e. The average Bonchev–Trinajstić information content (AvgIpc) is 3.03. The van der Waals surface area contributed by atoms with E-state index in [1.54, 1.807) is 0 Å². The van der Waals surface area contributed by atoms with Crippen LogP contribution < -0.4 is 0 Å². The minimum atomic E-state index is -0.664. The number of carbonyl (C=O) groups is 2. The number of rotatable bonds is 39. The summed E-state index contributed by atoms with van der Waals surface area (Å²) < 4.78 is 5.45. The SMILES string of the molecule is CC(O)CCCCCCCCCCCCCCCCCCC(=O)OCCCCCCCCCCCCCCCCCCCC(=O)O. The van der Waals surface area contributed by atoms with E-state index in [9.17, 15) is 14.7 Å². The summed E-state index contributed by atoms with van der Waals surface area (Å²) >= 11 is 0. The van der Waals surface area contributed by atoms with Crippen LogP contribution >= 0.6 is 0 Å². The summed E-state index contributed by atoms with van der Waals surface area (Å²) in [5.74, 6) is -0.660. The fourth-order valence-electron chi connectivity index (χ4n) is 6.47. The van der Waals surface area contributed by atoms with Gasteiger partial charge in [0.2, 0.25) is 0 Å². The third kappa shape index (κ3) is 40.9. The second-order valence-corrected chi connectivity index (χ2v) is 14.4. The lowest BCUT2D eigenvalue weighted by Crippen LogP contribution is -2.05. The van der Waals surface area contributed by atoms with E-state index >= 15 is 0 Å². The van der Waals surface area contributed by atoms with Gasteiger partial charge in [0, 0.05) is 12.8 Å². The van der Waals surface area contributed by atoms with E-state index in [0.29, 0.717) is 19.4 Å². The molecular weight excluding hydrogens is 572 g/mol. The zero-order valence-electron chi connectivity index (χ0n) is 30.9. The molecule has 274 valence electrons. The van der Waals surface area contributed by atoms with Gasteiger partial charge in [0.1, 0.15) is 0 Å². The van der Waals surface area contributed by atoms with Crippen molar-refractivity contribution in [1.29, 1.82) is 0 Å². The number of ether oxygens (including phenoxy) is 1. The van der Waals surface area contributed by atoms with E-state index in [4.69, 9.17) is 9.84 Å². The Hall–Kier alpha value is -1.10. The lowest BCUT2D eigenvalue weighted by molar-refractivity contribution is -0.144. The smallest absolute Gasteiger partial charge is 0.305 e. The number of carboxylic acid groups (broad SMARTS) is 1. The number of hydrogen-bond donors (Lipinski definition) is 2. The molecule has 5 nitrogen and oxygen atoms in total. The van der Waals surface area contributed by atoms with Crippen LogP contribution in [0.15, 0.2) is 0 Å². The zero-order valence-corrected chi connectivity index (χ0v) is 30.9. The summed E-state index contributed by atoms with van der Waals surface area (Å²) in [5.41, 5.74) is 0. The van der Waals surface area contributed by atoms with Crippen molar-refractivity contribution in [2.75, 3.05) is 6.61 Å². The Bertz CT molecular complexity index is 620. The number of aliphatic hydroxyl groups is 1. The number of unbranched alkanes of at least 4 members (excludes halogenated alkanes) is 31. The quantitative estimate of drug-likeness (QED) is 0.0510. The highest BCUT2D eigenvalue weighted by Crippen LogP contribution is 2.16. The molecule has 0 rings (SSSR count). The highest BCUT2D eigenvalue weighted by molar-refractivity contribution is 5.69. The lowest BCUT2D eigenvalue weighted by atomic mass is 10.0. The first-order valence-electron chi connectivity index (χ1n) is 20.6. The molecular formula is C41H80O5. The molecule has 1 unspecified atom stereocenters. The highest BCUT2D eigenvalue weighted by atomic mass is 16.5. The number of esters is 1. The van der Waals surface area contributed by atoms with Crippen LogP contribution in [-0.4, -0.2) is 34.9 Å². The third-order valence-electron chi connectivity index (χ3n) is 9.55. The molecule has 0 amide bonds. The van der Waals surface area contributed by atoms with Crippen LogP contribution in [0.3, 0.4) is 0 Å². The van der Waals surface area contributed by atoms with Gasteiger partial charge in [0.25, 0.3) is 0 Å². The van der Waals surface area contributed by atoms with E-state index in [1.807, 2.05) is 6.92 Å². The van der Waals surface area contributed by atoms with Gasteiger partial charge in [-0.1, -0.05) is 193 Å². The molecule has 0 aromatic carbocycles. The van der Waals surface area contributed by atoms with Crippen molar-refractivity contribution >= 4 is 11.9 Å². The van der Waals surface area contributed by atoms with Crippen molar-refractivity contribution in [1.82, 2.24) is 0 Å². The maximum absolute atomic E-state index is 12.0. The molecule has 5 heteroatoms. The molecule has 46 heavy (non-hydrogen) atoms. The van der Waals surface area contributed by atoms with Crippen LogP contribution in [-0.2, 0) is 14.3 Å². The Labute approximate surface area is 286 Å². The van der Waals surface area contributed by atoms with Crippen LogP contribution in [0.1, 0.15) is 238 Å². The Balaban J connectivity index is 3.16. The van der Waals surface area contributed by atoms with Gasteiger partial charge in [-0.05, 0) is 32.6 Å². The summed E-state index contributed by atoms with van der Waals surface area (Å²) in [4.78, 5) is 22.5. The van der Waals surface area contributed by atoms with Crippen LogP contribution in [0.5, 0.6) is 0 Å². The summed E-state index contributed by atoms with van der Waals surface area (Å²) in [5, 5.41) is 17.9. The molecule has 0 bridgehead atoms. The van der Waals surface area contributed by atoms with Crippen molar-refractivity contribution in [3.8, 4) is 0 Å². The first-order chi connectivity index (χ1) is 22.5. The zero-order chi connectivity index (χ0) is 33.6. The maximum Gasteiger partial charge on any atom is 0.305 e. The van der Waals surface area contributed by atoms with Gasteiger partial charge in [-0.25, -0.2) is 0 Å². The summed E-state index contributed by atoms with van der Waals surface area (Å²) in [7, 11) is 0. The number of carboxylic acids is 1. The van der Waals surface area contributed by atoms with E-state index in [0.717, 1.165) is 38.5 Å².